The van der Waals surface area contributed by atoms with Crippen LogP contribution in [-0.4, -0.2) is 36.2 Å². The standard InChI is InChI=1S/C20H19N3O3S3/c24-19(15-7-3-11-23(15)29(25,26)17-8-4-12-27-17)22-20-21-18-14-6-2-1-5-13(14)9-10-16(18)28-20/h1-2,4-6,8,12,15H,3,7,9-11H2,(H,21,22,24)/t15-/m0/s1. The van der Waals surface area contributed by atoms with E-state index in [0.29, 0.717) is 24.5 Å². The molecule has 0 saturated carbocycles. The van der Waals surface area contributed by atoms with E-state index in [-0.39, 0.29) is 10.1 Å². The van der Waals surface area contributed by atoms with Crippen molar-refractivity contribution in [1.82, 2.24) is 9.29 Å². The van der Waals surface area contributed by atoms with E-state index in [9.17, 15) is 13.2 Å². The predicted molar refractivity (Wildman–Crippen MR) is 115 cm³/mol. The Hall–Kier alpha value is -2.07. The maximum atomic E-state index is 13.0. The number of sulfonamides is 1. The number of anilines is 1. The highest BCUT2D eigenvalue weighted by Gasteiger charge is 2.40. The number of benzene rings is 1. The summed E-state index contributed by atoms with van der Waals surface area (Å²) in [4.78, 5) is 18.8. The molecule has 0 radical (unpaired) electrons. The number of rotatable bonds is 4. The predicted octanol–water partition coefficient (Wildman–Crippen LogP) is 3.76. The molecule has 1 aromatic carbocycles. The van der Waals surface area contributed by atoms with Gasteiger partial charge in [0.2, 0.25) is 5.91 Å². The van der Waals surface area contributed by atoms with Crippen molar-refractivity contribution in [3.05, 3.63) is 52.2 Å². The number of amides is 1. The van der Waals surface area contributed by atoms with Gasteiger partial charge in [0.15, 0.2) is 5.13 Å². The van der Waals surface area contributed by atoms with Crippen LogP contribution in [0, 0.1) is 0 Å². The van der Waals surface area contributed by atoms with Gasteiger partial charge in [-0.3, -0.25) is 4.79 Å². The maximum Gasteiger partial charge on any atom is 0.253 e. The summed E-state index contributed by atoms with van der Waals surface area (Å²) in [5.41, 5.74) is 3.32. The fourth-order valence-corrected chi connectivity index (χ4v) is 7.76. The largest absolute Gasteiger partial charge is 0.301 e. The van der Waals surface area contributed by atoms with Crippen LogP contribution in [0.4, 0.5) is 5.13 Å². The summed E-state index contributed by atoms with van der Waals surface area (Å²) in [5.74, 6) is -0.304. The lowest BCUT2D eigenvalue weighted by Gasteiger charge is -2.22. The van der Waals surface area contributed by atoms with Crippen molar-refractivity contribution in [2.75, 3.05) is 11.9 Å². The van der Waals surface area contributed by atoms with Crippen LogP contribution in [-0.2, 0) is 27.7 Å². The van der Waals surface area contributed by atoms with E-state index in [4.69, 9.17) is 0 Å². The lowest BCUT2D eigenvalue weighted by atomic mass is 9.94. The highest BCUT2D eigenvalue weighted by Crippen LogP contribution is 2.38. The number of carbonyl (C=O) groups excluding carboxylic acids is 1. The van der Waals surface area contributed by atoms with Crippen LogP contribution in [0.3, 0.4) is 0 Å². The number of thiophene rings is 1. The molecule has 1 aliphatic carbocycles. The topological polar surface area (TPSA) is 79.4 Å². The Morgan fingerprint density at radius 3 is 2.86 bits per heavy atom. The van der Waals surface area contributed by atoms with Gasteiger partial charge in [-0.2, -0.15) is 4.31 Å². The molecule has 1 aliphatic heterocycles. The molecule has 1 atom stereocenters. The van der Waals surface area contributed by atoms with Crippen molar-refractivity contribution >= 4 is 43.7 Å². The zero-order chi connectivity index (χ0) is 20.0. The normalized spacial score (nSPS) is 19.0. The number of fused-ring (bicyclic) bond motifs is 3. The third-order valence-electron chi connectivity index (χ3n) is 5.39. The number of aryl methyl sites for hydroxylation is 2. The fourth-order valence-electron chi connectivity index (χ4n) is 4.01. The molecular formula is C20H19N3O3S3. The number of nitrogens with one attached hydrogen (secondary N) is 1. The van der Waals surface area contributed by atoms with E-state index in [1.165, 1.54) is 32.5 Å². The molecule has 1 amide bonds. The monoisotopic (exact) mass is 445 g/mol. The summed E-state index contributed by atoms with van der Waals surface area (Å²) in [6, 6.07) is 10.8. The van der Waals surface area contributed by atoms with E-state index in [1.54, 1.807) is 17.5 Å². The molecule has 9 heteroatoms. The molecule has 2 aliphatic rings. The average molecular weight is 446 g/mol. The van der Waals surface area contributed by atoms with Gasteiger partial charge >= 0.3 is 0 Å². The molecule has 5 rings (SSSR count). The molecular weight excluding hydrogens is 426 g/mol. The Bertz CT molecular complexity index is 1170. The van der Waals surface area contributed by atoms with Gasteiger partial charge in [0.25, 0.3) is 10.0 Å². The number of thiazole rings is 1. The van der Waals surface area contributed by atoms with Crippen molar-refractivity contribution in [2.45, 2.75) is 35.9 Å². The van der Waals surface area contributed by atoms with Crippen LogP contribution in [0.2, 0.25) is 0 Å². The minimum atomic E-state index is -3.65. The molecule has 150 valence electrons. The van der Waals surface area contributed by atoms with Gasteiger partial charge in [-0.15, -0.1) is 22.7 Å². The zero-order valence-electron chi connectivity index (χ0n) is 15.5. The first-order chi connectivity index (χ1) is 14.0. The Morgan fingerprint density at radius 2 is 2.03 bits per heavy atom. The van der Waals surface area contributed by atoms with E-state index in [2.05, 4.69) is 22.4 Å². The summed E-state index contributed by atoms with van der Waals surface area (Å²) in [7, 11) is -3.65. The minimum absolute atomic E-state index is 0.276. The van der Waals surface area contributed by atoms with E-state index < -0.39 is 16.1 Å². The second kappa shape index (κ2) is 7.32. The quantitative estimate of drug-likeness (QED) is 0.663. The van der Waals surface area contributed by atoms with E-state index in [0.717, 1.165) is 29.0 Å². The van der Waals surface area contributed by atoms with Crippen molar-refractivity contribution in [3.8, 4) is 11.3 Å². The number of hydrogen-bond acceptors (Lipinski definition) is 6. The second-order valence-corrected chi connectivity index (χ2v) is 11.3. The van der Waals surface area contributed by atoms with Crippen LogP contribution in [0.1, 0.15) is 23.3 Å². The molecule has 6 nitrogen and oxygen atoms in total. The van der Waals surface area contributed by atoms with Gasteiger partial charge in [-0.1, -0.05) is 30.3 Å². The summed E-state index contributed by atoms with van der Waals surface area (Å²) in [5, 5.41) is 5.16. The summed E-state index contributed by atoms with van der Waals surface area (Å²) in [6.07, 6.45) is 3.06. The molecule has 1 saturated heterocycles. The van der Waals surface area contributed by atoms with E-state index in [1.807, 2.05) is 12.1 Å². The zero-order valence-corrected chi connectivity index (χ0v) is 17.9. The third-order valence-corrected chi connectivity index (χ3v) is 9.70. The van der Waals surface area contributed by atoms with Gasteiger partial charge < -0.3 is 5.32 Å². The number of hydrogen-bond donors (Lipinski definition) is 1. The lowest BCUT2D eigenvalue weighted by molar-refractivity contribution is -0.119. The van der Waals surface area contributed by atoms with Gasteiger partial charge in [0.05, 0.1) is 5.69 Å². The van der Waals surface area contributed by atoms with Crippen LogP contribution < -0.4 is 5.32 Å². The Kier molecular flexibility index (Phi) is 4.78. The number of aromatic nitrogens is 1. The van der Waals surface area contributed by atoms with Gasteiger partial charge in [-0.05, 0) is 42.7 Å². The summed E-state index contributed by atoms with van der Waals surface area (Å²) >= 11 is 2.66. The molecule has 0 unspecified atom stereocenters. The number of nitrogens with zero attached hydrogens (tertiary/aromatic N) is 2. The smallest absolute Gasteiger partial charge is 0.253 e. The van der Waals surface area contributed by atoms with Gasteiger partial charge in [-0.25, -0.2) is 13.4 Å². The van der Waals surface area contributed by atoms with Crippen molar-refractivity contribution in [3.63, 3.8) is 0 Å². The maximum absolute atomic E-state index is 13.0. The Balaban J connectivity index is 1.38. The first-order valence-electron chi connectivity index (χ1n) is 9.48. The highest BCUT2D eigenvalue weighted by atomic mass is 32.2. The summed E-state index contributed by atoms with van der Waals surface area (Å²) < 4.78 is 27.4. The number of carbonyl (C=O) groups is 1. The SMILES string of the molecule is O=C(Nc1nc2c(s1)CCc1ccccc1-2)[C@@H]1CCCN1S(=O)(=O)c1cccs1. The lowest BCUT2D eigenvalue weighted by Crippen LogP contribution is -2.42. The summed E-state index contributed by atoms with van der Waals surface area (Å²) in [6.45, 7) is 0.361. The van der Waals surface area contributed by atoms with E-state index >= 15 is 0 Å². The first-order valence-corrected chi connectivity index (χ1v) is 12.6. The van der Waals surface area contributed by atoms with Gasteiger partial charge in [0.1, 0.15) is 10.3 Å². The van der Waals surface area contributed by atoms with Crippen molar-refractivity contribution in [1.29, 1.82) is 0 Å². The van der Waals surface area contributed by atoms with Crippen molar-refractivity contribution < 1.29 is 13.2 Å². The molecule has 0 spiro atoms. The third kappa shape index (κ3) is 3.31. The Morgan fingerprint density at radius 1 is 1.17 bits per heavy atom. The van der Waals surface area contributed by atoms with Gasteiger partial charge in [0, 0.05) is 17.0 Å². The molecule has 1 N–H and O–H groups in total. The first kappa shape index (κ1) is 18.9. The molecule has 1 fully saturated rings. The molecule has 2 aromatic heterocycles. The highest BCUT2D eigenvalue weighted by molar-refractivity contribution is 7.91. The average Bonchev–Trinajstić information content (AvgIpc) is 3.47. The molecule has 3 aromatic rings. The van der Waals surface area contributed by atoms with Crippen LogP contribution in [0.25, 0.3) is 11.3 Å². The molecule has 29 heavy (non-hydrogen) atoms. The minimum Gasteiger partial charge on any atom is -0.301 e. The Labute approximate surface area is 177 Å². The fraction of sp³-hybridized carbons (Fsp3) is 0.300. The van der Waals surface area contributed by atoms with Crippen LogP contribution >= 0.6 is 22.7 Å². The second-order valence-electron chi connectivity index (χ2n) is 7.14. The molecule has 3 heterocycles. The van der Waals surface area contributed by atoms with Crippen LogP contribution in [0.5, 0.6) is 0 Å². The van der Waals surface area contributed by atoms with Crippen LogP contribution in [0.15, 0.2) is 46.0 Å². The molecule has 0 bridgehead atoms. The van der Waals surface area contributed by atoms with Crippen molar-refractivity contribution in [2.24, 2.45) is 0 Å².